The van der Waals surface area contributed by atoms with Gasteiger partial charge >= 0.3 is 5.97 Å². The lowest BCUT2D eigenvalue weighted by molar-refractivity contribution is 0.0726. The molecule has 2 aromatic rings. The average molecular weight is 415 g/mol. The number of aryl methyl sites for hydroxylation is 1. The molecule has 30 heavy (non-hydrogen) atoms. The summed E-state index contributed by atoms with van der Waals surface area (Å²) < 4.78 is 33.8. The number of carbonyl (C=O) groups excluding carboxylic acids is 1. The van der Waals surface area contributed by atoms with Gasteiger partial charge in [-0.3, -0.25) is 0 Å². The van der Waals surface area contributed by atoms with Crippen LogP contribution in [0.3, 0.4) is 0 Å². The number of halogens is 2. The van der Waals surface area contributed by atoms with E-state index in [0.717, 1.165) is 25.2 Å². The zero-order valence-corrected chi connectivity index (χ0v) is 18.1. The molecule has 0 aliphatic heterocycles. The summed E-state index contributed by atoms with van der Waals surface area (Å²) in [7, 11) is 0. The number of ether oxygens (including phenoxy) is 1. The number of esters is 1. The van der Waals surface area contributed by atoms with Gasteiger partial charge in [-0.15, -0.1) is 0 Å². The third kappa shape index (κ3) is 5.47. The SMILES string of the molecule is CCCCCc1ccc(OC(=O)c2ccc(C3CCC(CC)CC3)cc2)c(F)c1F. The number of hydrogen-bond donors (Lipinski definition) is 0. The molecular weight excluding hydrogens is 382 g/mol. The Kier molecular flexibility index (Phi) is 8.01. The van der Waals surface area contributed by atoms with Crippen molar-refractivity contribution in [3.63, 3.8) is 0 Å². The average Bonchev–Trinajstić information content (AvgIpc) is 2.78. The predicted molar refractivity (Wildman–Crippen MR) is 116 cm³/mol. The quantitative estimate of drug-likeness (QED) is 0.252. The van der Waals surface area contributed by atoms with Crippen molar-refractivity contribution in [2.75, 3.05) is 0 Å². The standard InChI is InChI=1S/C26H32F2O2/c1-3-5-6-7-21-16-17-23(25(28)24(21)27)30-26(29)22-14-12-20(13-15-22)19-10-8-18(4-2)9-11-19/h12-19H,3-11H2,1-2H3. The Morgan fingerprint density at radius 1 is 0.933 bits per heavy atom. The molecule has 162 valence electrons. The van der Waals surface area contributed by atoms with E-state index in [1.165, 1.54) is 49.8 Å². The Morgan fingerprint density at radius 3 is 2.27 bits per heavy atom. The summed E-state index contributed by atoms with van der Waals surface area (Å²) in [5.41, 5.74) is 1.89. The molecule has 0 heterocycles. The van der Waals surface area contributed by atoms with Crippen molar-refractivity contribution in [2.24, 2.45) is 5.92 Å². The van der Waals surface area contributed by atoms with Gasteiger partial charge < -0.3 is 4.74 Å². The fourth-order valence-electron chi connectivity index (χ4n) is 4.36. The maximum absolute atomic E-state index is 14.4. The fraction of sp³-hybridized carbons (Fsp3) is 0.500. The monoisotopic (exact) mass is 414 g/mol. The third-order valence-electron chi connectivity index (χ3n) is 6.42. The molecule has 1 saturated carbocycles. The maximum atomic E-state index is 14.4. The molecule has 0 atom stereocenters. The predicted octanol–water partition coefficient (Wildman–Crippen LogP) is 7.60. The van der Waals surface area contributed by atoms with Crippen molar-refractivity contribution in [3.8, 4) is 5.75 Å². The fourth-order valence-corrected chi connectivity index (χ4v) is 4.36. The highest BCUT2D eigenvalue weighted by Gasteiger charge is 2.22. The van der Waals surface area contributed by atoms with Gasteiger partial charge in [-0.1, -0.05) is 51.3 Å². The van der Waals surface area contributed by atoms with Crippen molar-refractivity contribution in [3.05, 3.63) is 64.7 Å². The molecule has 0 aromatic heterocycles. The summed E-state index contributed by atoms with van der Waals surface area (Å²) in [6.07, 6.45) is 9.37. The first kappa shape index (κ1) is 22.5. The second-order valence-electron chi connectivity index (χ2n) is 8.45. The number of hydrogen-bond acceptors (Lipinski definition) is 2. The molecular formula is C26H32F2O2. The van der Waals surface area contributed by atoms with Gasteiger partial charge in [0, 0.05) is 0 Å². The van der Waals surface area contributed by atoms with Crippen LogP contribution in [-0.4, -0.2) is 5.97 Å². The highest BCUT2D eigenvalue weighted by atomic mass is 19.2. The topological polar surface area (TPSA) is 26.3 Å². The molecule has 1 fully saturated rings. The van der Waals surface area contributed by atoms with Gasteiger partial charge in [-0.05, 0) is 79.7 Å². The Bertz CT molecular complexity index is 837. The molecule has 0 radical (unpaired) electrons. The van der Waals surface area contributed by atoms with E-state index in [1.807, 2.05) is 12.1 Å². The van der Waals surface area contributed by atoms with Gasteiger partial charge in [0.25, 0.3) is 0 Å². The molecule has 2 nitrogen and oxygen atoms in total. The molecule has 0 saturated heterocycles. The highest BCUT2D eigenvalue weighted by molar-refractivity contribution is 5.91. The third-order valence-corrected chi connectivity index (χ3v) is 6.42. The number of benzene rings is 2. The van der Waals surface area contributed by atoms with Gasteiger partial charge in [0.2, 0.25) is 5.82 Å². The Hall–Kier alpha value is -2.23. The number of carbonyl (C=O) groups is 1. The zero-order chi connectivity index (χ0) is 21.5. The lowest BCUT2D eigenvalue weighted by atomic mass is 9.78. The summed E-state index contributed by atoms with van der Waals surface area (Å²) >= 11 is 0. The highest BCUT2D eigenvalue weighted by Crippen LogP contribution is 2.37. The molecule has 2 aromatic carbocycles. The maximum Gasteiger partial charge on any atom is 0.343 e. The van der Waals surface area contributed by atoms with Crippen molar-refractivity contribution in [2.45, 2.75) is 77.6 Å². The minimum Gasteiger partial charge on any atom is -0.420 e. The van der Waals surface area contributed by atoms with E-state index in [4.69, 9.17) is 4.74 Å². The Morgan fingerprint density at radius 2 is 1.63 bits per heavy atom. The van der Waals surface area contributed by atoms with Crippen LogP contribution in [0.15, 0.2) is 36.4 Å². The smallest absolute Gasteiger partial charge is 0.343 e. The first-order valence-electron chi connectivity index (χ1n) is 11.3. The van der Waals surface area contributed by atoms with Crippen LogP contribution in [0.1, 0.15) is 92.6 Å². The first-order valence-corrected chi connectivity index (χ1v) is 11.3. The zero-order valence-electron chi connectivity index (χ0n) is 18.1. The van der Waals surface area contributed by atoms with E-state index in [2.05, 4.69) is 13.8 Å². The van der Waals surface area contributed by atoms with Crippen LogP contribution < -0.4 is 4.74 Å². The first-order chi connectivity index (χ1) is 14.5. The van der Waals surface area contributed by atoms with Gasteiger partial charge in [-0.25, -0.2) is 9.18 Å². The van der Waals surface area contributed by atoms with Crippen molar-refractivity contribution in [1.29, 1.82) is 0 Å². The van der Waals surface area contributed by atoms with Gasteiger partial charge in [0.05, 0.1) is 5.56 Å². The molecule has 0 unspecified atom stereocenters. The summed E-state index contributed by atoms with van der Waals surface area (Å²) in [5.74, 6) is -1.68. The molecule has 0 spiro atoms. The molecule has 1 aliphatic rings. The van der Waals surface area contributed by atoms with Crippen molar-refractivity contribution in [1.82, 2.24) is 0 Å². The van der Waals surface area contributed by atoms with Gasteiger partial charge in [0.15, 0.2) is 11.6 Å². The van der Waals surface area contributed by atoms with Crippen molar-refractivity contribution >= 4 is 5.97 Å². The minimum atomic E-state index is -1.10. The summed E-state index contributed by atoms with van der Waals surface area (Å²) in [6.45, 7) is 4.31. The number of rotatable bonds is 8. The molecule has 0 N–H and O–H groups in total. The molecule has 4 heteroatoms. The Labute approximate surface area is 178 Å². The van der Waals surface area contributed by atoms with Crippen LogP contribution in [0.2, 0.25) is 0 Å². The van der Waals surface area contributed by atoms with E-state index in [1.54, 1.807) is 12.1 Å². The minimum absolute atomic E-state index is 0.322. The van der Waals surface area contributed by atoms with Crippen LogP contribution in [0.5, 0.6) is 5.75 Å². The summed E-state index contributed by atoms with van der Waals surface area (Å²) in [5, 5.41) is 0. The van der Waals surface area contributed by atoms with Crippen LogP contribution in [0, 0.1) is 17.6 Å². The van der Waals surface area contributed by atoms with E-state index >= 15 is 0 Å². The molecule has 0 amide bonds. The number of unbranched alkanes of at least 4 members (excludes halogenated alkanes) is 2. The second kappa shape index (κ2) is 10.7. The van der Waals surface area contributed by atoms with Crippen LogP contribution in [0.4, 0.5) is 8.78 Å². The summed E-state index contributed by atoms with van der Waals surface area (Å²) in [6, 6.07) is 10.2. The van der Waals surface area contributed by atoms with Crippen LogP contribution in [-0.2, 0) is 6.42 Å². The van der Waals surface area contributed by atoms with Gasteiger partial charge in [0.1, 0.15) is 0 Å². The lowest BCUT2D eigenvalue weighted by Gasteiger charge is -2.28. The van der Waals surface area contributed by atoms with Crippen LogP contribution >= 0.6 is 0 Å². The largest absolute Gasteiger partial charge is 0.420 e. The van der Waals surface area contributed by atoms with Crippen LogP contribution in [0.25, 0.3) is 0 Å². The van der Waals surface area contributed by atoms with E-state index in [0.29, 0.717) is 23.5 Å². The van der Waals surface area contributed by atoms with E-state index in [-0.39, 0.29) is 5.75 Å². The molecule has 0 bridgehead atoms. The molecule has 1 aliphatic carbocycles. The summed E-state index contributed by atoms with van der Waals surface area (Å²) in [4.78, 5) is 12.4. The Balaban J connectivity index is 1.62. The molecule has 3 rings (SSSR count). The van der Waals surface area contributed by atoms with Crippen molar-refractivity contribution < 1.29 is 18.3 Å². The van der Waals surface area contributed by atoms with E-state index < -0.39 is 17.6 Å². The normalized spacial score (nSPS) is 18.9. The second-order valence-corrected chi connectivity index (χ2v) is 8.45. The lowest BCUT2D eigenvalue weighted by Crippen LogP contribution is -2.13. The van der Waals surface area contributed by atoms with E-state index in [9.17, 15) is 13.6 Å². The van der Waals surface area contributed by atoms with Gasteiger partial charge in [-0.2, -0.15) is 4.39 Å².